The summed E-state index contributed by atoms with van der Waals surface area (Å²) < 4.78 is 35.2. The number of aryl methyl sites for hydroxylation is 1. The quantitative estimate of drug-likeness (QED) is 0.122. The predicted molar refractivity (Wildman–Crippen MR) is 181 cm³/mol. The Kier molecular flexibility index (Phi) is 13.0. The fourth-order valence-electron chi connectivity index (χ4n) is 5.21. The molecule has 11 heteroatoms. The summed E-state index contributed by atoms with van der Waals surface area (Å²) >= 11 is 13.2. The zero-order chi connectivity index (χ0) is 33.1. The molecule has 46 heavy (non-hydrogen) atoms. The molecule has 0 aliphatic carbocycles. The van der Waals surface area contributed by atoms with Crippen molar-refractivity contribution in [2.75, 3.05) is 5.88 Å². The third-order valence-corrected chi connectivity index (χ3v) is 10.0. The molecule has 4 N–H and O–H groups in total. The summed E-state index contributed by atoms with van der Waals surface area (Å²) in [7, 11) is -4.09. The molecule has 1 amide bonds. The van der Waals surface area contributed by atoms with E-state index in [0.717, 1.165) is 16.7 Å². The normalized spacial score (nSPS) is 15.6. The number of nitrogens with one attached hydrogen (secondary N) is 2. The number of carbonyl (C=O) groups excluding carboxylic acids is 1. The molecule has 8 nitrogen and oxygen atoms in total. The van der Waals surface area contributed by atoms with Crippen molar-refractivity contribution in [2.24, 2.45) is 0 Å². The van der Waals surface area contributed by atoms with Crippen LogP contribution >= 0.6 is 23.2 Å². The number of amides is 1. The van der Waals surface area contributed by atoms with Crippen LogP contribution in [0.1, 0.15) is 28.2 Å². The third kappa shape index (κ3) is 9.78. The number of aliphatic hydroxyl groups excluding tert-OH is 2. The average Bonchev–Trinajstić information content (AvgIpc) is 3.07. The van der Waals surface area contributed by atoms with Crippen molar-refractivity contribution in [1.82, 2.24) is 10.0 Å². The first kappa shape index (κ1) is 35.4. The Balaban J connectivity index is 1.67. The minimum atomic E-state index is -4.09. The smallest absolute Gasteiger partial charge is 0.407 e. The third-order valence-electron chi connectivity index (χ3n) is 7.66. The Morgan fingerprint density at radius 1 is 0.826 bits per heavy atom. The summed E-state index contributed by atoms with van der Waals surface area (Å²) in [6.07, 6.45) is -3.52. The van der Waals surface area contributed by atoms with E-state index in [4.69, 9.17) is 27.9 Å². The van der Waals surface area contributed by atoms with Crippen LogP contribution in [0.2, 0.25) is 0 Å². The van der Waals surface area contributed by atoms with Crippen LogP contribution in [0.25, 0.3) is 0 Å². The molecule has 0 radical (unpaired) electrons. The van der Waals surface area contributed by atoms with E-state index in [0.29, 0.717) is 5.56 Å². The van der Waals surface area contributed by atoms with Gasteiger partial charge in [0.1, 0.15) is 6.61 Å². The van der Waals surface area contributed by atoms with Crippen molar-refractivity contribution in [1.29, 1.82) is 0 Å². The number of hydrogen-bond donors (Lipinski definition) is 4. The van der Waals surface area contributed by atoms with E-state index in [2.05, 4.69) is 10.0 Å². The summed E-state index contributed by atoms with van der Waals surface area (Å²) in [5, 5.41) is 24.5. The highest BCUT2D eigenvalue weighted by atomic mass is 35.5. The average molecular weight is 686 g/mol. The molecule has 0 aromatic heterocycles. The molecular formula is C35H38Cl2N2O6S. The first-order chi connectivity index (χ1) is 22.1. The van der Waals surface area contributed by atoms with E-state index in [9.17, 15) is 23.4 Å². The Morgan fingerprint density at radius 3 is 1.93 bits per heavy atom. The van der Waals surface area contributed by atoms with Crippen molar-refractivity contribution in [2.45, 2.75) is 60.4 Å². The number of aliphatic hydroxyl groups is 2. The van der Waals surface area contributed by atoms with Gasteiger partial charge in [-0.25, -0.2) is 17.9 Å². The summed E-state index contributed by atoms with van der Waals surface area (Å²) in [5.74, 6) is -1.20. The number of ether oxygens (including phenoxy) is 1. The fraction of sp³-hybridized carbons (Fsp3) is 0.286. The Hall–Kier alpha value is -3.44. The van der Waals surface area contributed by atoms with Gasteiger partial charge in [0.15, 0.2) is 0 Å². The van der Waals surface area contributed by atoms with E-state index >= 15 is 0 Å². The SMILES string of the molecule is Cc1ccc(S(=O)(=O)NC(Cc2ccccc2)C(O)C(Cl)C(c2ccccc2)[C@H](NC(=O)OCc2ccccc2)[C@H](O)CCl)cc1. The zero-order valence-corrected chi connectivity index (χ0v) is 27.6. The van der Waals surface area contributed by atoms with Crippen LogP contribution in [0.3, 0.4) is 0 Å². The molecule has 0 saturated carbocycles. The fourth-order valence-corrected chi connectivity index (χ4v) is 7.13. The van der Waals surface area contributed by atoms with Gasteiger partial charge in [0.2, 0.25) is 10.0 Å². The van der Waals surface area contributed by atoms with Crippen LogP contribution in [0, 0.1) is 6.92 Å². The molecule has 4 unspecified atom stereocenters. The first-order valence-corrected chi connectivity index (χ1v) is 17.3. The molecule has 0 bridgehead atoms. The number of alkyl carbamates (subject to hydrolysis) is 1. The van der Waals surface area contributed by atoms with Gasteiger partial charge in [-0.15, -0.1) is 23.2 Å². The van der Waals surface area contributed by atoms with Crippen LogP contribution in [0.5, 0.6) is 0 Å². The summed E-state index contributed by atoms with van der Waals surface area (Å²) in [4.78, 5) is 13.1. The van der Waals surface area contributed by atoms with Crippen LogP contribution in [-0.2, 0) is 27.8 Å². The molecule has 0 heterocycles. The standard InChI is InChI=1S/C35H38Cl2N2O6S/c1-24-17-19-28(20-18-24)46(43,44)39-29(21-25-11-5-2-6-12-25)34(41)32(37)31(27-15-9-4-10-16-27)33(30(40)22-36)38-35(42)45-23-26-13-7-3-8-14-26/h2-20,29-34,39-41H,21-23H2,1H3,(H,38,42)/t29?,30-,31?,32?,33-,34?/m1/s1. The molecule has 0 spiro atoms. The van der Waals surface area contributed by atoms with Crippen molar-refractivity contribution < 1.29 is 28.2 Å². The predicted octanol–water partition coefficient (Wildman–Crippen LogP) is 5.53. The van der Waals surface area contributed by atoms with Crippen LogP contribution in [0.15, 0.2) is 120 Å². The Morgan fingerprint density at radius 2 is 1.37 bits per heavy atom. The highest BCUT2D eigenvalue weighted by Crippen LogP contribution is 2.33. The van der Waals surface area contributed by atoms with Crippen molar-refractivity contribution in [3.05, 3.63) is 138 Å². The van der Waals surface area contributed by atoms with Gasteiger partial charge in [-0.05, 0) is 42.2 Å². The molecule has 0 saturated heterocycles. The molecule has 0 aliphatic heterocycles. The topological polar surface area (TPSA) is 125 Å². The Labute approximate surface area is 280 Å². The van der Waals surface area contributed by atoms with Crippen molar-refractivity contribution >= 4 is 39.3 Å². The maximum Gasteiger partial charge on any atom is 0.407 e. The molecule has 4 aromatic rings. The lowest BCUT2D eigenvalue weighted by molar-refractivity contribution is 0.0804. The number of rotatable bonds is 15. The van der Waals surface area contributed by atoms with E-state index in [-0.39, 0.29) is 23.8 Å². The summed E-state index contributed by atoms with van der Waals surface area (Å²) in [5.41, 5.74) is 3.00. The molecular weight excluding hydrogens is 647 g/mol. The number of halogens is 2. The maximum absolute atomic E-state index is 13.5. The van der Waals surface area contributed by atoms with Crippen LogP contribution < -0.4 is 10.0 Å². The number of hydrogen-bond acceptors (Lipinski definition) is 6. The van der Waals surface area contributed by atoms with Crippen LogP contribution in [-0.4, -0.2) is 60.3 Å². The number of alkyl halides is 2. The van der Waals surface area contributed by atoms with Crippen molar-refractivity contribution in [3.63, 3.8) is 0 Å². The van der Waals surface area contributed by atoms with Gasteiger partial charge in [0.05, 0.1) is 40.4 Å². The zero-order valence-electron chi connectivity index (χ0n) is 25.2. The maximum atomic E-state index is 13.5. The molecule has 0 aliphatic rings. The van der Waals surface area contributed by atoms with Gasteiger partial charge >= 0.3 is 6.09 Å². The van der Waals surface area contributed by atoms with E-state index in [1.54, 1.807) is 54.6 Å². The monoisotopic (exact) mass is 684 g/mol. The highest BCUT2D eigenvalue weighted by Gasteiger charge is 2.42. The Bertz CT molecular complexity index is 1610. The number of sulfonamides is 1. The minimum Gasteiger partial charge on any atom is -0.445 e. The molecule has 244 valence electrons. The minimum absolute atomic E-state index is 0.0146. The van der Waals surface area contributed by atoms with E-state index < -0.39 is 51.7 Å². The number of carbonyl (C=O) groups is 1. The van der Waals surface area contributed by atoms with Crippen molar-refractivity contribution in [3.8, 4) is 0 Å². The van der Waals surface area contributed by atoms with Crippen LogP contribution in [0.4, 0.5) is 4.79 Å². The second kappa shape index (κ2) is 16.9. The van der Waals surface area contributed by atoms with E-state index in [1.165, 1.54) is 12.1 Å². The highest BCUT2D eigenvalue weighted by molar-refractivity contribution is 7.89. The first-order valence-electron chi connectivity index (χ1n) is 14.8. The molecule has 0 fully saturated rings. The summed E-state index contributed by atoms with van der Waals surface area (Å²) in [6.45, 7) is 1.84. The second-order valence-electron chi connectivity index (χ2n) is 11.1. The van der Waals surface area contributed by atoms with Gasteiger partial charge in [-0.2, -0.15) is 0 Å². The van der Waals surface area contributed by atoms with E-state index in [1.807, 2.05) is 55.5 Å². The molecule has 4 rings (SSSR count). The second-order valence-corrected chi connectivity index (χ2v) is 13.6. The summed E-state index contributed by atoms with van der Waals surface area (Å²) in [6, 6.07) is 31.2. The largest absolute Gasteiger partial charge is 0.445 e. The van der Waals surface area contributed by atoms with Gasteiger partial charge < -0.3 is 20.3 Å². The lowest BCUT2D eigenvalue weighted by Gasteiger charge is -2.38. The lowest BCUT2D eigenvalue weighted by atomic mass is 9.81. The molecule has 4 aromatic carbocycles. The van der Waals surface area contributed by atoms with Gasteiger partial charge in [-0.1, -0.05) is 109 Å². The van der Waals surface area contributed by atoms with Gasteiger partial charge in [-0.3, -0.25) is 0 Å². The number of benzene rings is 4. The lowest BCUT2D eigenvalue weighted by Crippen LogP contribution is -2.55. The van der Waals surface area contributed by atoms with Gasteiger partial charge in [0.25, 0.3) is 0 Å². The van der Waals surface area contributed by atoms with Gasteiger partial charge in [0, 0.05) is 5.92 Å². The molecule has 6 atom stereocenters.